The number of anilines is 2. The number of hydrogen-bond donors (Lipinski definition) is 2. The largest absolute Gasteiger partial charge is 0.301 e. The summed E-state index contributed by atoms with van der Waals surface area (Å²) in [7, 11) is 0. The van der Waals surface area contributed by atoms with Gasteiger partial charge in [-0.05, 0) is 89.2 Å². The van der Waals surface area contributed by atoms with Gasteiger partial charge in [0.25, 0.3) is 0 Å². The highest BCUT2D eigenvalue weighted by atomic mass is 15.4. The molecule has 0 aliphatic heterocycles. The molecule has 0 saturated carbocycles. The molecule has 4 rings (SSSR count). The van der Waals surface area contributed by atoms with E-state index in [2.05, 4.69) is 138 Å². The molecule has 0 aliphatic rings. The van der Waals surface area contributed by atoms with Gasteiger partial charge in [-0.1, -0.05) is 114 Å². The molecule has 0 bridgehead atoms. The SMILES string of the molecule is CCc1cc(CC)cc([C@@H](C)c2cc(C)cc([C@H](C)c3cc(CC)cc(CC)c3)c2NNc2ccccc2)c1. The summed E-state index contributed by atoms with van der Waals surface area (Å²) in [6, 6.07) is 29.5. The lowest BCUT2D eigenvalue weighted by atomic mass is 9.82. The van der Waals surface area contributed by atoms with Crippen molar-refractivity contribution in [2.75, 3.05) is 10.9 Å². The Bertz CT molecular complexity index is 1260. The standard InChI is InChI=1S/C37H46N2/c1-8-28-19-29(9-2)22-32(21-28)26(6)35-17-25(5)18-36(37(35)39-38-34-15-13-12-14-16-34)27(7)33-23-30(10-3)20-31(11-4)24-33/h12-24,26-27,38-39H,8-11H2,1-7H3/t26-,27-/m1/s1. The fraction of sp³-hybridized carbons (Fsp3) is 0.351. The molecule has 39 heavy (non-hydrogen) atoms. The van der Waals surface area contributed by atoms with Crippen LogP contribution in [0.2, 0.25) is 0 Å². The molecule has 0 fully saturated rings. The van der Waals surface area contributed by atoms with Crippen molar-refractivity contribution >= 4 is 11.4 Å². The van der Waals surface area contributed by atoms with Gasteiger partial charge in [0.15, 0.2) is 0 Å². The minimum absolute atomic E-state index is 0.251. The molecule has 4 aromatic carbocycles. The molecule has 4 aromatic rings. The summed E-state index contributed by atoms with van der Waals surface area (Å²) >= 11 is 0. The summed E-state index contributed by atoms with van der Waals surface area (Å²) < 4.78 is 0. The third-order valence-electron chi connectivity index (χ3n) is 8.17. The van der Waals surface area contributed by atoms with Gasteiger partial charge in [-0.2, -0.15) is 0 Å². The monoisotopic (exact) mass is 518 g/mol. The van der Waals surface area contributed by atoms with E-state index in [-0.39, 0.29) is 11.8 Å². The topological polar surface area (TPSA) is 24.1 Å². The van der Waals surface area contributed by atoms with E-state index in [1.807, 2.05) is 0 Å². The Morgan fingerprint density at radius 1 is 0.538 bits per heavy atom. The van der Waals surface area contributed by atoms with Gasteiger partial charge in [-0.25, -0.2) is 0 Å². The lowest BCUT2D eigenvalue weighted by Gasteiger charge is -2.27. The highest BCUT2D eigenvalue weighted by molar-refractivity contribution is 5.67. The molecule has 0 aromatic heterocycles. The normalized spacial score (nSPS) is 12.7. The molecule has 2 N–H and O–H groups in total. The third kappa shape index (κ3) is 6.74. The van der Waals surface area contributed by atoms with E-state index < -0.39 is 0 Å². The Hall–Kier alpha value is -3.52. The summed E-state index contributed by atoms with van der Waals surface area (Å²) in [5.74, 6) is 0.502. The maximum atomic E-state index is 3.69. The minimum atomic E-state index is 0.251. The first-order valence-electron chi connectivity index (χ1n) is 14.8. The lowest BCUT2D eigenvalue weighted by molar-refractivity contribution is 0.875. The van der Waals surface area contributed by atoms with Gasteiger partial charge in [0.2, 0.25) is 0 Å². The van der Waals surface area contributed by atoms with Crippen molar-refractivity contribution in [1.82, 2.24) is 0 Å². The van der Waals surface area contributed by atoms with E-state index in [1.54, 1.807) is 0 Å². The Morgan fingerprint density at radius 2 is 0.949 bits per heavy atom. The van der Waals surface area contributed by atoms with E-state index >= 15 is 0 Å². The lowest BCUT2D eigenvalue weighted by Crippen LogP contribution is -2.16. The number of hydrogen-bond acceptors (Lipinski definition) is 2. The molecule has 0 aliphatic carbocycles. The van der Waals surface area contributed by atoms with Crippen molar-refractivity contribution in [3.8, 4) is 0 Å². The molecule has 2 atom stereocenters. The molecule has 0 radical (unpaired) electrons. The molecular formula is C37H46N2. The van der Waals surface area contributed by atoms with Crippen molar-refractivity contribution in [1.29, 1.82) is 0 Å². The fourth-order valence-corrected chi connectivity index (χ4v) is 5.58. The predicted octanol–water partition coefficient (Wildman–Crippen LogP) is 9.99. The number of benzene rings is 4. The number of hydrazine groups is 1. The van der Waals surface area contributed by atoms with Crippen molar-refractivity contribution in [3.63, 3.8) is 0 Å². The average molecular weight is 519 g/mol. The zero-order valence-electron chi connectivity index (χ0n) is 25.0. The van der Waals surface area contributed by atoms with Crippen LogP contribution in [0.4, 0.5) is 11.4 Å². The number of rotatable bonds is 11. The van der Waals surface area contributed by atoms with Crippen LogP contribution in [0.25, 0.3) is 0 Å². The van der Waals surface area contributed by atoms with E-state index in [9.17, 15) is 0 Å². The van der Waals surface area contributed by atoms with Crippen LogP contribution in [0.15, 0.2) is 78.9 Å². The van der Waals surface area contributed by atoms with Gasteiger partial charge < -0.3 is 10.9 Å². The molecule has 204 valence electrons. The van der Waals surface area contributed by atoms with Gasteiger partial charge in [-0.3, -0.25) is 0 Å². The van der Waals surface area contributed by atoms with Crippen LogP contribution in [0.5, 0.6) is 0 Å². The first kappa shape index (κ1) is 28.5. The van der Waals surface area contributed by atoms with Gasteiger partial charge in [0, 0.05) is 11.8 Å². The zero-order chi connectivity index (χ0) is 27.9. The number of para-hydroxylation sites is 1. The van der Waals surface area contributed by atoms with Gasteiger partial charge in [0.05, 0.1) is 11.4 Å². The maximum Gasteiger partial charge on any atom is 0.0616 e. The third-order valence-corrected chi connectivity index (χ3v) is 8.17. The molecule has 2 heteroatoms. The van der Waals surface area contributed by atoms with Crippen LogP contribution in [0.1, 0.15) is 103 Å². The summed E-state index contributed by atoms with van der Waals surface area (Å²) in [6.45, 7) is 16.0. The molecule has 2 nitrogen and oxygen atoms in total. The minimum Gasteiger partial charge on any atom is -0.301 e. The second kappa shape index (κ2) is 13.0. The van der Waals surface area contributed by atoms with E-state index in [4.69, 9.17) is 0 Å². The van der Waals surface area contributed by atoms with E-state index in [0.717, 1.165) is 31.4 Å². The maximum absolute atomic E-state index is 3.69. The Kier molecular flexibility index (Phi) is 9.51. The Labute approximate surface area is 236 Å². The molecular weight excluding hydrogens is 472 g/mol. The van der Waals surface area contributed by atoms with Crippen LogP contribution in [0.3, 0.4) is 0 Å². The van der Waals surface area contributed by atoms with Crippen LogP contribution in [-0.4, -0.2) is 0 Å². The summed E-state index contributed by atoms with van der Waals surface area (Å²) in [6.07, 6.45) is 4.21. The van der Waals surface area contributed by atoms with Gasteiger partial charge in [0.1, 0.15) is 0 Å². The van der Waals surface area contributed by atoms with Crippen LogP contribution in [-0.2, 0) is 25.7 Å². The molecule has 0 unspecified atom stereocenters. The fourth-order valence-electron chi connectivity index (χ4n) is 5.58. The number of aryl methyl sites for hydroxylation is 5. The molecule has 0 saturated heterocycles. The second-order valence-electron chi connectivity index (χ2n) is 11.0. The Balaban J connectivity index is 1.86. The zero-order valence-corrected chi connectivity index (χ0v) is 25.0. The van der Waals surface area contributed by atoms with Crippen LogP contribution >= 0.6 is 0 Å². The van der Waals surface area contributed by atoms with Crippen molar-refractivity contribution in [3.05, 3.63) is 129 Å². The van der Waals surface area contributed by atoms with Crippen LogP contribution in [0, 0.1) is 6.92 Å². The Morgan fingerprint density at radius 3 is 1.33 bits per heavy atom. The van der Waals surface area contributed by atoms with Crippen molar-refractivity contribution in [2.24, 2.45) is 0 Å². The summed E-state index contributed by atoms with van der Waals surface area (Å²) in [5, 5.41) is 0. The smallest absolute Gasteiger partial charge is 0.0616 e. The predicted molar refractivity (Wildman–Crippen MR) is 170 cm³/mol. The first-order chi connectivity index (χ1) is 18.9. The molecule has 0 heterocycles. The highest BCUT2D eigenvalue weighted by Crippen LogP contribution is 2.40. The first-order valence-corrected chi connectivity index (χ1v) is 14.8. The van der Waals surface area contributed by atoms with E-state index in [0.29, 0.717) is 0 Å². The summed E-state index contributed by atoms with van der Waals surface area (Å²) in [4.78, 5) is 0. The van der Waals surface area contributed by atoms with Crippen molar-refractivity contribution < 1.29 is 0 Å². The average Bonchev–Trinajstić information content (AvgIpc) is 2.99. The number of nitrogens with one attached hydrogen (secondary N) is 2. The highest BCUT2D eigenvalue weighted by Gasteiger charge is 2.22. The summed E-state index contributed by atoms with van der Waals surface area (Å²) in [5.41, 5.74) is 21.8. The molecule has 0 amide bonds. The quantitative estimate of drug-likeness (QED) is 0.193. The van der Waals surface area contributed by atoms with Gasteiger partial charge >= 0.3 is 0 Å². The second-order valence-corrected chi connectivity index (χ2v) is 11.0. The molecule has 0 spiro atoms. The van der Waals surface area contributed by atoms with E-state index in [1.165, 1.54) is 55.8 Å². The van der Waals surface area contributed by atoms with Gasteiger partial charge in [-0.15, -0.1) is 0 Å². The van der Waals surface area contributed by atoms with Crippen LogP contribution < -0.4 is 10.9 Å². The van der Waals surface area contributed by atoms with Crippen molar-refractivity contribution in [2.45, 2.75) is 86.0 Å².